The quantitative estimate of drug-likeness (QED) is 0.858. The Balaban J connectivity index is 1.80. The fourth-order valence-electron chi connectivity index (χ4n) is 4.00. The molecule has 1 aromatic carbocycles. The van der Waals surface area contributed by atoms with E-state index in [1.165, 1.54) is 16.6 Å². The van der Waals surface area contributed by atoms with Gasteiger partial charge in [0.1, 0.15) is 0 Å². The highest BCUT2D eigenvalue weighted by Crippen LogP contribution is 2.29. The number of fused-ring (bicyclic) bond motifs is 1. The number of hydrogen-bond donors (Lipinski definition) is 1. The second-order valence-corrected chi connectivity index (χ2v) is 7.31. The fourth-order valence-corrected chi connectivity index (χ4v) is 4.00. The number of aromatic nitrogens is 1. The van der Waals surface area contributed by atoms with Crippen LogP contribution in [0, 0.1) is 0 Å². The Bertz CT molecular complexity index is 762. The first kappa shape index (κ1) is 18.6. The van der Waals surface area contributed by atoms with Crippen LogP contribution >= 0.6 is 0 Å². The Labute approximate surface area is 155 Å². The van der Waals surface area contributed by atoms with Crippen molar-refractivity contribution in [3.8, 4) is 0 Å². The minimum Gasteiger partial charge on any atom is -0.480 e. The molecule has 1 atom stereocenters. The summed E-state index contributed by atoms with van der Waals surface area (Å²) in [5.74, 6) is -0.753. The van der Waals surface area contributed by atoms with Crippen LogP contribution in [0.5, 0.6) is 0 Å². The molecule has 0 aliphatic carbocycles. The van der Waals surface area contributed by atoms with Gasteiger partial charge in [-0.2, -0.15) is 0 Å². The smallest absolute Gasteiger partial charge is 0.317 e. The van der Waals surface area contributed by atoms with Gasteiger partial charge in [0, 0.05) is 36.4 Å². The van der Waals surface area contributed by atoms with E-state index in [-0.39, 0.29) is 6.54 Å². The molecular formula is C21H29N3O2. The average molecular weight is 355 g/mol. The maximum atomic E-state index is 11.0. The maximum Gasteiger partial charge on any atom is 0.317 e. The van der Waals surface area contributed by atoms with Gasteiger partial charge in [-0.25, -0.2) is 0 Å². The zero-order valence-electron chi connectivity index (χ0n) is 15.8. The van der Waals surface area contributed by atoms with Crippen LogP contribution in [0.25, 0.3) is 10.9 Å². The summed E-state index contributed by atoms with van der Waals surface area (Å²) in [5.41, 5.74) is 3.67. The molecule has 1 fully saturated rings. The number of carbonyl (C=O) groups is 1. The molecule has 1 aliphatic heterocycles. The zero-order chi connectivity index (χ0) is 18.5. The third-order valence-electron chi connectivity index (χ3n) is 5.37. The number of pyridine rings is 1. The first-order valence-electron chi connectivity index (χ1n) is 9.63. The standard InChI is InChI=1S/C21H29N3O2/c1-3-5-16-7-8-19-18(14-16)20(9-11-22-19)24-12-4-6-17(10-13-24)23(2)15-21(25)26/h7-9,11,14,17H,3-6,10,12-13,15H2,1-2H3,(H,25,26). The number of anilines is 1. The van der Waals surface area contributed by atoms with Gasteiger partial charge in [0.05, 0.1) is 12.1 Å². The third-order valence-corrected chi connectivity index (χ3v) is 5.37. The first-order valence-corrected chi connectivity index (χ1v) is 9.63. The van der Waals surface area contributed by atoms with Crippen molar-refractivity contribution in [2.75, 3.05) is 31.6 Å². The molecule has 1 saturated heterocycles. The SMILES string of the molecule is CCCc1ccc2nccc(N3CCCC(N(C)CC(=O)O)CC3)c2c1. The lowest BCUT2D eigenvalue weighted by Gasteiger charge is -2.27. The summed E-state index contributed by atoms with van der Waals surface area (Å²) in [6.07, 6.45) is 7.24. The van der Waals surface area contributed by atoms with Crippen LogP contribution in [0.15, 0.2) is 30.5 Å². The van der Waals surface area contributed by atoms with Crippen LogP contribution in [0.2, 0.25) is 0 Å². The molecule has 140 valence electrons. The second-order valence-electron chi connectivity index (χ2n) is 7.31. The molecular weight excluding hydrogens is 326 g/mol. The number of carboxylic acids is 1. The predicted molar refractivity (Wildman–Crippen MR) is 106 cm³/mol. The summed E-state index contributed by atoms with van der Waals surface area (Å²) >= 11 is 0. The minimum absolute atomic E-state index is 0.114. The molecule has 0 amide bonds. The van der Waals surface area contributed by atoms with E-state index in [4.69, 9.17) is 5.11 Å². The lowest BCUT2D eigenvalue weighted by molar-refractivity contribution is -0.138. The van der Waals surface area contributed by atoms with Crippen LogP contribution in [0.1, 0.15) is 38.2 Å². The van der Waals surface area contributed by atoms with Gasteiger partial charge < -0.3 is 10.0 Å². The Kier molecular flexibility index (Phi) is 6.09. The predicted octanol–water partition coefficient (Wildman–Crippen LogP) is 3.56. The summed E-state index contributed by atoms with van der Waals surface area (Å²) in [6, 6.07) is 9.06. The number of benzene rings is 1. The second kappa shape index (κ2) is 8.49. The van der Waals surface area contributed by atoms with E-state index in [0.29, 0.717) is 6.04 Å². The van der Waals surface area contributed by atoms with Gasteiger partial charge in [0.2, 0.25) is 0 Å². The topological polar surface area (TPSA) is 56.7 Å². The van der Waals surface area contributed by atoms with Crippen LogP contribution in [0.3, 0.4) is 0 Å². The minimum atomic E-state index is -0.753. The molecule has 2 aromatic rings. The van der Waals surface area contributed by atoms with Crippen LogP contribution in [0.4, 0.5) is 5.69 Å². The van der Waals surface area contributed by atoms with Crippen molar-refractivity contribution in [2.24, 2.45) is 0 Å². The third kappa shape index (κ3) is 4.33. The number of likely N-dealkylation sites (N-methyl/N-ethyl adjacent to an activating group) is 1. The van der Waals surface area contributed by atoms with Crippen molar-refractivity contribution in [2.45, 2.75) is 45.1 Å². The summed E-state index contributed by atoms with van der Waals surface area (Å²) in [7, 11) is 1.92. The number of nitrogens with zero attached hydrogens (tertiary/aromatic N) is 3. The zero-order valence-corrected chi connectivity index (χ0v) is 15.8. The largest absolute Gasteiger partial charge is 0.480 e. The Morgan fingerprint density at radius 1 is 1.31 bits per heavy atom. The molecule has 5 heteroatoms. The highest BCUT2D eigenvalue weighted by atomic mass is 16.4. The number of rotatable bonds is 6. The van der Waals surface area contributed by atoms with Gasteiger partial charge in [-0.15, -0.1) is 0 Å². The summed E-state index contributed by atoms with van der Waals surface area (Å²) in [6.45, 7) is 4.28. The fraction of sp³-hybridized carbons (Fsp3) is 0.524. The highest BCUT2D eigenvalue weighted by molar-refractivity contribution is 5.92. The molecule has 5 nitrogen and oxygen atoms in total. The number of aliphatic carboxylic acids is 1. The Morgan fingerprint density at radius 2 is 2.15 bits per heavy atom. The van der Waals surface area contributed by atoms with Crippen LogP contribution < -0.4 is 4.90 Å². The van der Waals surface area contributed by atoms with E-state index >= 15 is 0 Å². The van der Waals surface area contributed by atoms with Crippen molar-refractivity contribution < 1.29 is 9.90 Å². The van der Waals surface area contributed by atoms with Gasteiger partial charge in [-0.3, -0.25) is 14.7 Å². The molecule has 0 bridgehead atoms. The van der Waals surface area contributed by atoms with E-state index in [1.807, 2.05) is 18.1 Å². The van der Waals surface area contributed by atoms with Crippen molar-refractivity contribution >= 4 is 22.6 Å². The summed E-state index contributed by atoms with van der Waals surface area (Å²) < 4.78 is 0. The summed E-state index contributed by atoms with van der Waals surface area (Å²) in [5, 5.41) is 10.3. The van der Waals surface area contributed by atoms with E-state index < -0.39 is 5.97 Å². The molecule has 0 saturated carbocycles. The number of carboxylic acid groups (broad SMARTS) is 1. The van der Waals surface area contributed by atoms with E-state index in [0.717, 1.165) is 50.7 Å². The molecule has 26 heavy (non-hydrogen) atoms. The highest BCUT2D eigenvalue weighted by Gasteiger charge is 2.22. The van der Waals surface area contributed by atoms with E-state index in [1.54, 1.807) is 0 Å². The average Bonchev–Trinajstić information content (AvgIpc) is 2.87. The van der Waals surface area contributed by atoms with Crippen molar-refractivity contribution in [3.63, 3.8) is 0 Å². The Hall–Kier alpha value is -2.14. The Morgan fingerprint density at radius 3 is 2.92 bits per heavy atom. The molecule has 1 aliphatic rings. The lowest BCUT2D eigenvalue weighted by Crippen LogP contribution is -2.36. The van der Waals surface area contributed by atoms with Gasteiger partial charge >= 0.3 is 5.97 Å². The van der Waals surface area contributed by atoms with Gasteiger partial charge in [0.25, 0.3) is 0 Å². The molecule has 0 spiro atoms. The number of aryl methyl sites for hydroxylation is 1. The van der Waals surface area contributed by atoms with E-state index in [9.17, 15) is 4.79 Å². The molecule has 0 radical (unpaired) electrons. The first-order chi connectivity index (χ1) is 12.6. The van der Waals surface area contributed by atoms with Gasteiger partial charge in [-0.1, -0.05) is 19.4 Å². The van der Waals surface area contributed by atoms with Crippen molar-refractivity contribution in [1.82, 2.24) is 9.88 Å². The molecule has 1 N–H and O–H groups in total. The van der Waals surface area contributed by atoms with Crippen molar-refractivity contribution in [3.05, 3.63) is 36.0 Å². The van der Waals surface area contributed by atoms with Crippen LogP contribution in [-0.2, 0) is 11.2 Å². The van der Waals surface area contributed by atoms with Crippen molar-refractivity contribution in [1.29, 1.82) is 0 Å². The van der Waals surface area contributed by atoms with E-state index in [2.05, 4.69) is 41.1 Å². The monoisotopic (exact) mass is 355 g/mol. The normalized spacial score (nSPS) is 18.3. The summed E-state index contributed by atoms with van der Waals surface area (Å²) in [4.78, 5) is 20.0. The maximum absolute atomic E-state index is 11.0. The molecule has 2 heterocycles. The molecule has 3 rings (SSSR count). The van der Waals surface area contributed by atoms with Gasteiger partial charge in [0.15, 0.2) is 0 Å². The molecule has 1 aromatic heterocycles. The van der Waals surface area contributed by atoms with Gasteiger partial charge in [-0.05, 0) is 56.5 Å². The molecule has 1 unspecified atom stereocenters. The van der Waals surface area contributed by atoms with Crippen LogP contribution in [-0.4, -0.2) is 53.7 Å². The number of hydrogen-bond acceptors (Lipinski definition) is 4. The lowest BCUT2D eigenvalue weighted by atomic mass is 10.1.